The van der Waals surface area contributed by atoms with Crippen LogP contribution >= 0.6 is 11.6 Å². The number of nitrogens with two attached hydrogens (primary N) is 4. The zero-order valence-corrected chi connectivity index (χ0v) is 14.4. The van der Waals surface area contributed by atoms with E-state index in [2.05, 4.69) is 4.99 Å². The summed E-state index contributed by atoms with van der Waals surface area (Å²) in [5, 5.41) is 17.6. The zero-order chi connectivity index (χ0) is 19.4. The third-order valence-corrected chi connectivity index (χ3v) is 3.22. The molecule has 0 heterocycles. The summed E-state index contributed by atoms with van der Waals surface area (Å²) in [6.45, 7) is 0.420. The van der Waals surface area contributed by atoms with Gasteiger partial charge in [-0.2, -0.15) is 0 Å². The van der Waals surface area contributed by atoms with Gasteiger partial charge in [0.1, 0.15) is 12.1 Å². The van der Waals surface area contributed by atoms with E-state index in [0.717, 1.165) is 5.56 Å². The molecule has 10 N–H and O–H groups in total. The smallest absolute Gasteiger partial charge is 0.320 e. The van der Waals surface area contributed by atoms with Gasteiger partial charge >= 0.3 is 11.9 Å². The SMILES string of the molecule is NC(Cc1ccc(Cl)cc1)C(=O)O.NC(N)=NCCCC(N)C(=O)O. The zero-order valence-electron chi connectivity index (χ0n) is 13.6. The monoisotopic (exact) mass is 373 g/mol. The van der Waals surface area contributed by atoms with Gasteiger partial charge in [0.15, 0.2) is 5.96 Å². The van der Waals surface area contributed by atoms with E-state index in [4.69, 9.17) is 44.7 Å². The second kappa shape index (κ2) is 12.1. The number of carbonyl (C=O) groups is 2. The fraction of sp³-hybridized carbons (Fsp3) is 0.400. The lowest BCUT2D eigenvalue weighted by Gasteiger charge is -2.05. The van der Waals surface area contributed by atoms with Gasteiger partial charge in [0.25, 0.3) is 0 Å². The molecule has 0 fully saturated rings. The van der Waals surface area contributed by atoms with Crippen molar-refractivity contribution in [3.05, 3.63) is 34.9 Å². The Hall–Kier alpha value is -2.36. The molecule has 140 valence electrons. The van der Waals surface area contributed by atoms with Crippen molar-refractivity contribution < 1.29 is 19.8 Å². The van der Waals surface area contributed by atoms with Gasteiger partial charge in [-0.05, 0) is 37.0 Å². The van der Waals surface area contributed by atoms with Gasteiger partial charge < -0.3 is 33.1 Å². The number of rotatable bonds is 8. The minimum absolute atomic E-state index is 0.0129. The van der Waals surface area contributed by atoms with Crippen LogP contribution in [-0.2, 0) is 16.0 Å². The summed E-state index contributed by atoms with van der Waals surface area (Å²) in [4.78, 5) is 24.3. The van der Waals surface area contributed by atoms with Gasteiger partial charge in [0.2, 0.25) is 0 Å². The first-order valence-electron chi connectivity index (χ1n) is 7.40. The van der Waals surface area contributed by atoms with E-state index >= 15 is 0 Å². The molecule has 1 rings (SSSR count). The average Bonchev–Trinajstić information content (AvgIpc) is 2.53. The Morgan fingerprint density at radius 1 is 1.04 bits per heavy atom. The number of hydrogen-bond donors (Lipinski definition) is 6. The van der Waals surface area contributed by atoms with Gasteiger partial charge in [-0.15, -0.1) is 0 Å². The van der Waals surface area contributed by atoms with Crippen LogP contribution in [0, 0.1) is 0 Å². The fourth-order valence-electron chi connectivity index (χ4n) is 1.60. The standard InChI is InChI=1S/C9H10ClNO2.C6H14N4O2/c10-7-3-1-6(2-4-7)5-8(11)9(12)13;7-4(5(11)12)2-1-3-10-6(8)9/h1-4,8H,5,11H2,(H,12,13);4H,1-3,7H2,(H,11,12)(H4,8,9,10). The topological polar surface area (TPSA) is 191 Å². The predicted molar refractivity (Wildman–Crippen MR) is 96.3 cm³/mol. The van der Waals surface area contributed by atoms with Crippen LogP contribution in [0.1, 0.15) is 18.4 Å². The molecule has 10 heteroatoms. The number of aliphatic imine (C=N–C) groups is 1. The highest BCUT2D eigenvalue weighted by Gasteiger charge is 2.11. The van der Waals surface area contributed by atoms with Crippen molar-refractivity contribution in [2.45, 2.75) is 31.3 Å². The Labute approximate surface area is 150 Å². The van der Waals surface area contributed by atoms with Crippen molar-refractivity contribution >= 4 is 29.5 Å². The minimum atomic E-state index is -1.00. The summed E-state index contributed by atoms with van der Waals surface area (Å²) in [5.41, 5.74) is 21.5. The Morgan fingerprint density at radius 2 is 1.56 bits per heavy atom. The second-order valence-corrected chi connectivity index (χ2v) is 5.61. The normalized spacial score (nSPS) is 12.3. The molecule has 2 atom stereocenters. The molecule has 0 spiro atoms. The summed E-state index contributed by atoms with van der Waals surface area (Å²) in [7, 11) is 0. The van der Waals surface area contributed by atoms with Crippen molar-refractivity contribution in [2.75, 3.05) is 6.54 Å². The third-order valence-electron chi connectivity index (χ3n) is 2.97. The lowest BCUT2D eigenvalue weighted by molar-refractivity contribution is -0.139. The van der Waals surface area contributed by atoms with Gasteiger partial charge in [-0.3, -0.25) is 14.6 Å². The van der Waals surface area contributed by atoms with Crippen molar-refractivity contribution in [1.82, 2.24) is 0 Å². The maximum atomic E-state index is 10.4. The lowest BCUT2D eigenvalue weighted by Crippen LogP contribution is -2.32. The van der Waals surface area contributed by atoms with Crippen molar-refractivity contribution in [1.29, 1.82) is 0 Å². The number of guanidine groups is 1. The van der Waals surface area contributed by atoms with Gasteiger partial charge in [0.05, 0.1) is 0 Å². The first kappa shape index (κ1) is 22.6. The maximum absolute atomic E-state index is 10.4. The number of nitrogens with zero attached hydrogens (tertiary/aromatic N) is 1. The highest BCUT2D eigenvalue weighted by molar-refractivity contribution is 6.30. The molecule has 1 aromatic carbocycles. The molecule has 0 amide bonds. The fourth-order valence-corrected chi connectivity index (χ4v) is 1.73. The van der Waals surface area contributed by atoms with Crippen molar-refractivity contribution in [3.8, 4) is 0 Å². The second-order valence-electron chi connectivity index (χ2n) is 5.17. The highest BCUT2D eigenvalue weighted by Crippen LogP contribution is 2.10. The average molecular weight is 374 g/mol. The maximum Gasteiger partial charge on any atom is 0.320 e. The largest absolute Gasteiger partial charge is 0.480 e. The Morgan fingerprint density at radius 3 is 2.00 bits per heavy atom. The molecule has 0 aliphatic rings. The number of carboxylic acid groups (broad SMARTS) is 2. The molecule has 1 aromatic rings. The molecule has 9 nitrogen and oxygen atoms in total. The Balaban J connectivity index is 0.000000463. The summed E-state index contributed by atoms with van der Waals surface area (Å²) in [6, 6.07) is 5.30. The number of aliphatic carboxylic acids is 2. The van der Waals surface area contributed by atoms with Crippen LogP contribution in [0.5, 0.6) is 0 Å². The van der Waals surface area contributed by atoms with E-state index in [1.807, 2.05) is 0 Å². The summed E-state index contributed by atoms with van der Waals surface area (Å²) >= 11 is 5.66. The molecule has 0 radical (unpaired) electrons. The van der Waals surface area contributed by atoms with E-state index in [0.29, 0.717) is 30.8 Å². The van der Waals surface area contributed by atoms with Crippen molar-refractivity contribution in [3.63, 3.8) is 0 Å². The van der Waals surface area contributed by atoms with E-state index in [9.17, 15) is 9.59 Å². The van der Waals surface area contributed by atoms with E-state index in [1.54, 1.807) is 24.3 Å². The van der Waals surface area contributed by atoms with E-state index < -0.39 is 24.0 Å². The predicted octanol–water partition coefficient (Wildman–Crippen LogP) is -0.254. The Kier molecular flexibility index (Phi) is 10.9. The molecule has 25 heavy (non-hydrogen) atoms. The minimum Gasteiger partial charge on any atom is -0.480 e. The summed E-state index contributed by atoms with van der Waals surface area (Å²) in [6.07, 6.45) is 1.28. The first-order valence-corrected chi connectivity index (χ1v) is 7.78. The summed E-state index contributed by atoms with van der Waals surface area (Å²) < 4.78 is 0. The molecule has 0 aromatic heterocycles. The molecule has 0 aliphatic heterocycles. The van der Waals surface area contributed by atoms with Gasteiger partial charge in [-0.1, -0.05) is 23.7 Å². The molecule has 0 aliphatic carbocycles. The first-order chi connectivity index (χ1) is 11.6. The van der Waals surface area contributed by atoms with Crippen LogP contribution in [0.4, 0.5) is 0 Å². The number of hydrogen-bond acceptors (Lipinski definition) is 5. The van der Waals surface area contributed by atoms with Crippen molar-refractivity contribution in [2.24, 2.45) is 27.9 Å². The third kappa shape index (κ3) is 11.8. The number of carboxylic acids is 2. The molecule has 2 unspecified atom stereocenters. The number of benzene rings is 1. The van der Waals surface area contributed by atoms with Crippen LogP contribution in [0.25, 0.3) is 0 Å². The molecular formula is C15H24ClN5O4. The quantitative estimate of drug-likeness (QED) is 0.204. The molecule has 0 saturated carbocycles. The van der Waals surface area contributed by atoms with Gasteiger partial charge in [-0.25, -0.2) is 0 Å². The Bertz CT molecular complexity index is 576. The van der Waals surface area contributed by atoms with Crippen LogP contribution in [0.15, 0.2) is 29.3 Å². The highest BCUT2D eigenvalue weighted by atomic mass is 35.5. The van der Waals surface area contributed by atoms with Crippen LogP contribution < -0.4 is 22.9 Å². The summed E-state index contributed by atoms with van der Waals surface area (Å²) in [5.74, 6) is -1.98. The van der Waals surface area contributed by atoms with Crippen LogP contribution in [0.3, 0.4) is 0 Å². The molecular weight excluding hydrogens is 350 g/mol. The van der Waals surface area contributed by atoms with E-state index in [-0.39, 0.29) is 5.96 Å². The lowest BCUT2D eigenvalue weighted by atomic mass is 10.1. The van der Waals surface area contributed by atoms with E-state index in [1.165, 1.54) is 0 Å². The molecule has 0 saturated heterocycles. The molecule has 0 bridgehead atoms. The van der Waals surface area contributed by atoms with Crippen LogP contribution in [-0.4, -0.2) is 46.7 Å². The van der Waals surface area contributed by atoms with Crippen LogP contribution in [0.2, 0.25) is 5.02 Å². The number of halogens is 1. The van der Waals surface area contributed by atoms with Gasteiger partial charge in [0, 0.05) is 11.6 Å².